The molecule has 6 aromatic heterocycles. The molecule has 0 fully saturated rings. The van der Waals surface area contributed by atoms with Gasteiger partial charge in [0.15, 0.2) is 69.9 Å². The molecule has 0 saturated heterocycles. The molecule has 550 valence electrons. The fourth-order valence-electron chi connectivity index (χ4n) is 15.0. The highest BCUT2D eigenvalue weighted by Crippen LogP contribution is 2.48. The van der Waals surface area contributed by atoms with Crippen LogP contribution in [0.2, 0.25) is 0 Å². The molecule has 6 heterocycles. The Morgan fingerprint density at radius 2 is 0.379 bits per heavy atom. The van der Waals surface area contributed by atoms with Gasteiger partial charge in [-0.1, -0.05) is 243 Å². The van der Waals surface area contributed by atoms with E-state index in [-0.39, 0.29) is 22.5 Å². The number of rotatable bonds is 15. The van der Waals surface area contributed by atoms with Crippen molar-refractivity contribution in [3.8, 4) is 159 Å². The van der Waals surface area contributed by atoms with Crippen molar-refractivity contribution in [3.63, 3.8) is 0 Å². The molecular weight excluding hydrogens is 1460 g/mol. The second-order valence-corrected chi connectivity index (χ2v) is 27.8. The van der Waals surface area contributed by atoms with Gasteiger partial charge in [-0.3, -0.25) is 0 Å². The molecule has 0 unspecified atom stereocenters. The van der Waals surface area contributed by atoms with Crippen LogP contribution in [-0.2, 0) is 6.18 Å². The number of hydrogen-bond donors (Lipinski definition) is 0. The summed E-state index contributed by atoms with van der Waals surface area (Å²) in [4.78, 5) is 61.0. The molecule has 0 aliphatic heterocycles. The Hall–Kier alpha value is -15.6. The average molecular weight is 1510 g/mol. The summed E-state index contributed by atoms with van der Waals surface area (Å²) in [5.74, 6) is 2.47. The third-order valence-corrected chi connectivity index (χ3v) is 20.4. The van der Waals surface area contributed by atoms with E-state index in [1.165, 1.54) is 0 Å². The number of aromatic nitrogens is 14. The summed E-state index contributed by atoms with van der Waals surface area (Å²) in [6, 6.07) is 104. The molecule has 0 amide bonds. The van der Waals surface area contributed by atoms with Gasteiger partial charge in [-0.25, -0.2) is 68.6 Å². The minimum Gasteiger partial charge on any atom is -0.309 e. The Labute approximate surface area is 659 Å². The molecule has 0 radical (unpaired) electrons. The number of hydrogen-bond acceptors (Lipinski definition) is 12. The van der Waals surface area contributed by atoms with Gasteiger partial charge in [0.25, 0.3) is 0 Å². The molecule has 0 aliphatic carbocycles. The maximum atomic E-state index is 16.9. The van der Waals surface area contributed by atoms with Crippen molar-refractivity contribution in [2.75, 3.05) is 0 Å². The first-order valence-corrected chi connectivity index (χ1v) is 37.3. The van der Waals surface area contributed by atoms with Crippen molar-refractivity contribution in [1.29, 1.82) is 0 Å². The number of alkyl halides is 3. The summed E-state index contributed by atoms with van der Waals surface area (Å²) in [6.45, 7) is 0. The van der Waals surface area contributed by atoms with Crippen LogP contribution in [0.15, 0.2) is 346 Å². The standard InChI is InChI=1S/C97H57F5N14/c98-72-49-70(50-73(99)57-72)84-82(115-78-45-41-66(93-107-85(58-25-9-1-10-26-58)103-86(108-93)59-27-11-2-12-28-59)51-74(78)75-52-67(42-46-79(75)115)94-109-87(60-29-13-3-14-30-60)104-88(110-94)61-31-15-4-16-32-61)55-71(97(100,101)102)56-83(84)116-80-47-43-68(95-111-89(62-33-17-5-18-34-62)105-90(112-95)63-35-19-6-20-36-63)53-76(80)77-54-69(44-48-81(77)116)96-113-91(64-37-21-7-22-38-64)106-92(114-96)65-39-23-8-24-40-65/h1-57H. The first-order chi connectivity index (χ1) is 56.9. The van der Waals surface area contributed by atoms with Crippen LogP contribution >= 0.6 is 0 Å². The minimum absolute atomic E-state index is 0.0280. The van der Waals surface area contributed by atoms with E-state index in [0.29, 0.717) is 136 Å². The quantitative estimate of drug-likeness (QED) is 0.0894. The van der Waals surface area contributed by atoms with Crippen LogP contribution in [0.1, 0.15) is 5.56 Å². The molecule has 19 heteroatoms. The molecule has 20 rings (SSSR count). The fourth-order valence-corrected chi connectivity index (χ4v) is 15.0. The molecule has 14 aromatic carbocycles. The zero-order valence-electron chi connectivity index (χ0n) is 61.1. The Bertz CT molecular complexity index is 6170. The van der Waals surface area contributed by atoms with E-state index in [4.69, 9.17) is 59.8 Å². The molecule has 0 spiro atoms. The Kier molecular flexibility index (Phi) is 17.3. The molecule has 0 atom stereocenters. The van der Waals surface area contributed by atoms with E-state index in [9.17, 15) is 0 Å². The van der Waals surface area contributed by atoms with E-state index in [0.717, 1.165) is 74.8 Å². The van der Waals surface area contributed by atoms with E-state index < -0.39 is 23.4 Å². The fraction of sp³-hybridized carbons (Fsp3) is 0.0103. The van der Waals surface area contributed by atoms with Crippen LogP contribution in [0.4, 0.5) is 22.0 Å². The smallest absolute Gasteiger partial charge is 0.309 e. The van der Waals surface area contributed by atoms with Crippen LogP contribution in [0.25, 0.3) is 203 Å². The van der Waals surface area contributed by atoms with Gasteiger partial charge in [-0.15, -0.1) is 0 Å². The monoisotopic (exact) mass is 1510 g/mol. The highest BCUT2D eigenvalue weighted by atomic mass is 19.4. The van der Waals surface area contributed by atoms with Crippen LogP contribution in [0.5, 0.6) is 0 Å². The second kappa shape index (κ2) is 28.9. The zero-order valence-corrected chi connectivity index (χ0v) is 61.1. The number of benzene rings is 14. The van der Waals surface area contributed by atoms with Gasteiger partial charge in [0.05, 0.1) is 39.0 Å². The molecule has 116 heavy (non-hydrogen) atoms. The number of nitrogens with zero attached hydrogens (tertiary/aromatic N) is 14. The molecule has 14 nitrogen and oxygen atoms in total. The Morgan fingerprint density at radius 1 is 0.190 bits per heavy atom. The topological polar surface area (TPSA) is 165 Å². The summed E-state index contributed by atoms with van der Waals surface area (Å²) in [6.07, 6.45) is -5.05. The highest BCUT2D eigenvalue weighted by molar-refractivity contribution is 6.14. The first-order valence-electron chi connectivity index (χ1n) is 37.3. The van der Waals surface area contributed by atoms with Gasteiger partial charge in [0, 0.05) is 99.9 Å². The molecule has 0 saturated carbocycles. The van der Waals surface area contributed by atoms with Gasteiger partial charge < -0.3 is 9.13 Å². The van der Waals surface area contributed by atoms with Crippen LogP contribution in [0.3, 0.4) is 0 Å². The van der Waals surface area contributed by atoms with Crippen molar-refractivity contribution in [3.05, 3.63) is 363 Å². The molecule has 0 bridgehead atoms. The van der Waals surface area contributed by atoms with Crippen molar-refractivity contribution in [1.82, 2.24) is 68.9 Å². The largest absolute Gasteiger partial charge is 0.416 e. The van der Waals surface area contributed by atoms with Crippen LogP contribution in [-0.4, -0.2) is 68.9 Å². The van der Waals surface area contributed by atoms with E-state index in [1.54, 1.807) is 9.13 Å². The van der Waals surface area contributed by atoms with Crippen molar-refractivity contribution in [2.24, 2.45) is 0 Å². The normalized spacial score (nSPS) is 11.7. The molecule has 0 N–H and O–H groups in total. The third kappa shape index (κ3) is 13.1. The maximum absolute atomic E-state index is 16.9. The van der Waals surface area contributed by atoms with Gasteiger partial charge in [-0.2, -0.15) is 13.2 Å². The van der Waals surface area contributed by atoms with Crippen molar-refractivity contribution in [2.45, 2.75) is 6.18 Å². The summed E-state index contributed by atoms with van der Waals surface area (Å²) >= 11 is 0. The number of fused-ring (bicyclic) bond motifs is 6. The molecule has 0 aliphatic rings. The zero-order chi connectivity index (χ0) is 78.0. The van der Waals surface area contributed by atoms with Gasteiger partial charge in [0.2, 0.25) is 0 Å². The lowest BCUT2D eigenvalue weighted by Gasteiger charge is -2.23. The molecular formula is C97H57F5N14. The lowest BCUT2D eigenvalue weighted by Crippen LogP contribution is -2.11. The van der Waals surface area contributed by atoms with E-state index >= 15 is 22.0 Å². The maximum Gasteiger partial charge on any atom is 0.416 e. The van der Waals surface area contributed by atoms with Gasteiger partial charge >= 0.3 is 6.18 Å². The van der Waals surface area contributed by atoms with Crippen molar-refractivity contribution >= 4 is 43.6 Å². The number of halogens is 5. The van der Waals surface area contributed by atoms with Gasteiger partial charge in [0.1, 0.15) is 11.6 Å². The van der Waals surface area contributed by atoms with E-state index in [2.05, 4.69) is 0 Å². The first kappa shape index (κ1) is 69.6. The van der Waals surface area contributed by atoms with Gasteiger partial charge in [-0.05, 0) is 103 Å². The Balaban J connectivity index is 0.876. The predicted octanol–water partition coefficient (Wildman–Crippen LogP) is 23.6. The average Bonchev–Trinajstić information content (AvgIpc) is 1.54. The molecule has 20 aromatic rings. The van der Waals surface area contributed by atoms with Crippen LogP contribution < -0.4 is 0 Å². The Morgan fingerprint density at radius 3 is 0.569 bits per heavy atom. The summed E-state index contributed by atoms with van der Waals surface area (Å²) in [7, 11) is 0. The minimum atomic E-state index is -5.05. The van der Waals surface area contributed by atoms with Crippen LogP contribution in [0, 0.1) is 11.6 Å². The van der Waals surface area contributed by atoms with E-state index in [1.807, 2.05) is 315 Å². The second-order valence-electron chi connectivity index (χ2n) is 27.8. The predicted molar refractivity (Wildman–Crippen MR) is 444 cm³/mol. The summed E-state index contributed by atoms with van der Waals surface area (Å²) in [5.41, 5.74) is 8.32. The highest BCUT2D eigenvalue weighted by Gasteiger charge is 2.35. The third-order valence-electron chi connectivity index (χ3n) is 20.4. The summed E-state index contributed by atoms with van der Waals surface area (Å²) in [5, 5.41) is 2.12. The SMILES string of the molecule is Fc1cc(F)cc(-c2c(-n3c4ccc(-c5nc(-c6ccccc6)nc(-c6ccccc6)n5)cc4c4cc(-c5nc(-c6ccccc6)nc(-c6ccccc6)n5)ccc43)cc(C(F)(F)F)cc2-n2c3ccc(-c4nc(-c5ccccc5)nc(-c5ccccc5)n4)cc3c3cc(-c4nc(-c5ccccc5)nc(-c5ccccc5)n4)ccc32)c1. The summed E-state index contributed by atoms with van der Waals surface area (Å²) < 4.78 is 87.8. The lowest BCUT2D eigenvalue weighted by molar-refractivity contribution is -0.137. The lowest BCUT2D eigenvalue weighted by atomic mass is 9.97. The van der Waals surface area contributed by atoms with Crippen molar-refractivity contribution < 1.29 is 22.0 Å².